The molecule has 146 valence electrons. The fourth-order valence-electron chi connectivity index (χ4n) is 3.34. The molecule has 0 aliphatic carbocycles. The molecule has 4 rings (SSSR count). The quantitative estimate of drug-likeness (QED) is 0.422. The van der Waals surface area contributed by atoms with E-state index in [1.807, 2.05) is 47.3 Å². The van der Waals surface area contributed by atoms with Crippen molar-refractivity contribution in [2.45, 2.75) is 26.3 Å². The fraction of sp³-hybridized carbons (Fsp3) is 0.167. The summed E-state index contributed by atoms with van der Waals surface area (Å²) in [5.41, 5.74) is 4.24. The van der Waals surface area contributed by atoms with Gasteiger partial charge in [0.15, 0.2) is 0 Å². The number of aromatic nitrogens is 1. The number of fused-ring (bicyclic) bond motifs is 1. The van der Waals surface area contributed by atoms with Crippen molar-refractivity contribution in [1.29, 1.82) is 0 Å². The Morgan fingerprint density at radius 2 is 1.86 bits per heavy atom. The fourth-order valence-corrected chi connectivity index (χ4v) is 3.34. The van der Waals surface area contributed by atoms with Crippen molar-refractivity contribution in [3.05, 3.63) is 89.5 Å². The van der Waals surface area contributed by atoms with E-state index in [0.29, 0.717) is 18.2 Å². The van der Waals surface area contributed by atoms with Crippen molar-refractivity contribution < 1.29 is 14.3 Å². The van der Waals surface area contributed by atoms with E-state index in [2.05, 4.69) is 37.0 Å². The molecule has 1 N–H and O–H groups in total. The molecule has 0 saturated heterocycles. The van der Waals surface area contributed by atoms with E-state index in [-0.39, 0.29) is 5.76 Å². The average Bonchev–Trinajstić information content (AvgIpc) is 3.32. The highest BCUT2D eigenvalue weighted by molar-refractivity contribution is 6.00. The molecule has 0 unspecified atom stereocenters. The molecule has 0 atom stereocenters. The van der Waals surface area contributed by atoms with E-state index >= 15 is 0 Å². The van der Waals surface area contributed by atoms with Gasteiger partial charge in [-0.05, 0) is 41.8 Å². The Kier molecular flexibility index (Phi) is 5.04. The number of aliphatic imine (C=N–C) groups is 1. The van der Waals surface area contributed by atoms with Crippen molar-refractivity contribution in [2.24, 2.45) is 4.99 Å². The molecular formula is C24H22N2O3. The second-order valence-corrected chi connectivity index (χ2v) is 7.31. The Bertz CT molecular complexity index is 1180. The highest BCUT2D eigenvalue weighted by Gasteiger charge is 2.12. The van der Waals surface area contributed by atoms with Crippen LogP contribution in [-0.2, 0) is 6.54 Å². The van der Waals surface area contributed by atoms with Gasteiger partial charge in [0, 0.05) is 28.9 Å². The number of rotatable bonds is 6. The molecule has 0 amide bonds. The van der Waals surface area contributed by atoms with Crippen LogP contribution in [-0.4, -0.2) is 21.9 Å². The molecule has 2 aromatic heterocycles. The van der Waals surface area contributed by atoms with Gasteiger partial charge in [-0.1, -0.05) is 44.2 Å². The topological polar surface area (TPSA) is 67.7 Å². The zero-order valence-electron chi connectivity index (χ0n) is 16.4. The maximum atomic E-state index is 11.0. The lowest BCUT2D eigenvalue weighted by Gasteiger charge is -2.04. The first-order chi connectivity index (χ1) is 14.0. The van der Waals surface area contributed by atoms with Crippen LogP contribution in [0.5, 0.6) is 0 Å². The van der Waals surface area contributed by atoms with Gasteiger partial charge >= 0.3 is 5.97 Å². The lowest BCUT2D eigenvalue weighted by molar-refractivity contribution is 0.0660. The minimum atomic E-state index is -1.06. The third kappa shape index (κ3) is 3.99. The molecule has 0 bridgehead atoms. The standard InChI is InChI=1S/C24H22N2O3/c1-16(2)17-7-9-19(10-8-17)25-13-18-14-26(22-6-4-3-5-21(18)22)15-20-11-12-23(29-20)24(27)28/h3-14,16H,15H2,1-2H3,(H,27,28). The van der Waals surface area contributed by atoms with Crippen LogP contribution >= 0.6 is 0 Å². The smallest absolute Gasteiger partial charge is 0.371 e. The largest absolute Gasteiger partial charge is 0.475 e. The molecule has 0 fully saturated rings. The summed E-state index contributed by atoms with van der Waals surface area (Å²) in [6, 6.07) is 19.5. The molecule has 5 heteroatoms. The predicted octanol–water partition coefficient (Wildman–Crippen LogP) is 5.85. The summed E-state index contributed by atoms with van der Waals surface area (Å²) >= 11 is 0. The number of nitrogens with zero attached hydrogens (tertiary/aromatic N) is 2. The molecule has 2 heterocycles. The Morgan fingerprint density at radius 3 is 2.55 bits per heavy atom. The zero-order chi connectivity index (χ0) is 20.4. The van der Waals surface area contributed by atoms with E-state index in [9.17, 15) is 4.79 Å². The highest BCUT2D eigenvalue weighted by atomic mass is 16.4. The molecule has 4 aromatic rings. The number of carboxylic acid groups (broad SMARTS) is 1. The first-order valence-electron chi connectivity index (χ1n) is 9.55. The molecule has 0 saturated carbocycles. The first-order valence-corrected chi connectivity index (χ1v) is 9.55. The number of hydrogen-bond donors (Lipinski definition) is 1. The summed E-state index contributed by atoms with van der Waals surface area (Å²) in [4.78, 5) is 15.7. The molecule has 2 aromatic carbocycles. The van der Waals surface area contributed by atoms with Crippen molar-refractivity contribution in [2.75, 3.05) is 0 Å². The van der Waals surface area contributed by atoms with Crippen molar-refractivity contribution >= 4 is 28.8 Å². The van der Waals surface area contributed by atoms with Crippen LogP contribution in [0, 0.1) is 0 Å². The van der Waals surface area contributed by atoms with Crippen molar-refractivity contribution in [3.63, 3.8) is 0 Å². The predicted molar refractivity (Wildman–Crippen MR) is 114 cm³/mol. The molecular weight excluding hydrogens is 364 g/mol. The second kappa shape index (κ2) is 7.80. The molecule has 5 nitrogen and oxygen atoms in total. The van der Waals surface area contributed by atoms with Crippen LogP contribution in [0.1, 0.15) is 47.2 Å². The maximum Gasteiger partial charge on any atom is 0.371 e. The first kappa shape index (κ1) is 18.7. The third-order valence-electron chi connectivity index (χ3n) is 4.93. The van der Waals surface area contributed by atoms with E-state index in [4.69, 9.17) is 9.52 Å². The number of furan rings is 1. The van der Waals surface area contributed by atoms with Crippen LogP contribution in [0.4, 0.5) is 5.69 Å². The number of hydrogen-bond acceptors (Lipinski definition) is 3. The zero-order valence-corrected chi connectivity index (χ0v) is 16.4. The van der Waals surface area contributed by atoms with Gasteiger partial charge in [0.25, 0.3) is 0 Å². The molecule has 0 spiro atoms. The van der Waals surface area contributed by atoms with Gasteiger partial charge in [-0.25, -0.2) is 4.79 Å². The lowest BCUT2D eigenvalue weighted by atomic mass is 10.0. The maximum absolute atomic E-state index is 11.0. The second-order valence-electron chi connectivity index (χ2n) is 7.31. The number of para-hydroxylation sites is 1. The molecule has 0 aliphatic rings. The Morgan fingerprint density at radius 1 is 1.10 bits per heavy atom. The van der Waals surface area contributed by atoms with E-state index < -0.39 is 5.97 Å². The van der Waals surface area contributed by atoms with Crippen LogP contribution in [0.25, 0.3) is 10.9 Å². The summed E-state index contributed by atoms with van der Waals surface area (Å²) in [5.74, 6) is -0.0295. The van der Waals surface area contributed by atoms with Crippen LogP contribution in [0.2, 0.25) is 0 Å². The SMILES string of the molecule is CC(C)c1ccc(N=Cc2cn(Cc3ccc(C(=O)O)o3)c3ccccc23)cc1. The van der Waals surface area contributed by atoms with Gasteiger partial charge in [-0.2, -0.15) is 0 Å². The van der Waals surface area contributed by atoms with Crippen LogP contribution < -0.4 is 0 Å². The average molecular weight is 386 g/mol. The van der Waals surface area contributed by atoms with Gasteiger partial charge in [-0.3, -0.25) is 4.99 Å². The van der Waals surface area contributed by atoms with Crippen LogP contribution in [0.3, 0.4) is 0 Å². The number of aromatic carboxylic acids is 1. The van der Waals surface area contributed by atoms with Gasteiger partial charge in [0.05, 0.1) is 12.2 Å². The summed E-state index contributed by atoms with van der Waals surface area (Å²) in [6.07, 6.45) is 3.88. The minimum Gasteiger partial charge on any atom is -0.475 e. The van der Waals surface area contributed by atoms with Gasteiger partial charge in [0.1, 0.15) is 5.76 Å². The van der Waals surface area contributed by atoms with Crippen molar-refractivity contribution in [1.82, 2.24) is 4.57 Å². The van der Waals surface area contributed by atoms with E-state index in [1.54, 1.807) is 6.07 Å². The number of carboxylic acids is 1. The summed E-state index contributed by atoms with van der Waals surface area (Å²) < 4.78 is 7.46. The molecule has 0 radical (unpaired) electrons. The molecule has 0 aliphatic heterocycles. The summed E-state index contributed by atoms with van der Waals surface area (Å²) in [5, 5.41) is 10.1. The normalized spacial score (nSPS) is 11.7. The Hall–Kier alpha value is -3.60. The summed E-state index contributed by atoms with van der Waals surface area (Å²) in [7, 11) is 0. The monoisotopic (exact) mass is 386 g/mol. The Labute approximate surface area is 168 Å². The number of carbonyl (C=O) groups is 1. The minimum absolute atomic E-state index is 0.0527. The van der Waals surface area contributed by atoms with E-state index in [1.165, 1.54) is 11.6 Å². The lowest BCUT2D eigenvalue weighted by Crippen LogP contribution is -1.97. The van der Waals surface area contributed by atoms with Gasteiger partial charge in [-0.15, -0.1) is 0 Å². The van der Waals surface area contributed by atoms with Crippen molar-refractivity contribution in [3.8, 4) is 0 Å². The number of benzene rings is 2. The highest BCUT2D eigenvalue weighted by Crippen LogP contribution is 2.23. The van der Waals surface area contributed by atoms with Crippen LogP contribution in [0.15, 0.2) is 76.3 Å². The third-order valence-corrected chi connectivity index (χ3v) is 4.93. The molecule has 29 heavy (non-hydrogen) atoms. The Balaban J connectivity index is 1.63. The van der Waals surface area contributed by atoms with Gasteiger partial charge in [0.2, 0.25) is 5.76 Å². The van der Waals surface area contributed by atoms with E-state index in [0.717, 1.165) is 22.2 Å². The summed E-state index contributed by atoms with van der Waals surface area (Å²) in [6.45, 7) is 4.79. The van der Waals surface area contributed by atoms with Gasteiger partial charge < -0.3 is 14.1 Å².